The third-order valence-electron chi connectivity index (χ3n) is 2.34. The van der Waals surface area contributed by atoms with Crippen molar-refractivity contribution in [1.82, 2.24) is 4.98 Å². The van der Waals surface area contributed by atoms with Crippen molar-refractivity contribution in [2.45, 2.75) is 32.8 Å². The molecule has 0 spiro atoms. The molecule has 1 aromatic heterocycles. The molecule has 0 saturated heterocycles. The van der Waals surface area contributed by atoms with E-state index >= 15 is 0 Å². The minimum Gasteiger partial charge on any atom is -0.481 e. The van der Waals surface area contributed by atoms with Gasteiger partial charge in [0.05, 0.1) is 0 Å². The van der Waals surface area contributed by atoms with Crippen molar-refractivity contribution in [1.29, 1.82) is 0 Å². The van der Waals surface area contributed by atoms with Crippen LogP contribution in [0, 0.1) is 5.92 Å². The van der Waals surface area contributed by atoms with E-state index in [0.717, 1.165) is 0 Å². The number of pyridine rings is 1. The first kappa shape index (κ1) is 14.9. The van der Waals surface area contributed by atoms with Gasteiger partial charge in [0.2, 0.25) is 0 Å². The Hall–Kier alpha value is -2.11. The Morgan fingerprint density at radius 3 is 2.58 bits per heavy atom. The van der Waals surface area contributed by atoms with Crippen LogP contribution in [0.15, 0.2) is 18.3 Å². The van der Waals surface area contributed by atoms with Gasteiger partial charge in [-0.05, 0) is 38.8 Å². The third kappa shape index (κ3) is 4.57. The molecule has 0 radical (unpaired) electrons. The molecule has 1 heterocycles. The van der Waals surface area contributed by atoms with E-state index in [0.29, 0.717) is 5.56 Å². The summed E-state index contributed by atoms with van der Waals surface area (Å²) in [5.74, 6) is -3.08. The number of carbonyl (C=O) groups excluding carboxylic acids is 1. The largest absolute Gasteiger partial charge is 0.481 e. The molecule has 6 nitrogen and oxygen atoms in total. The molecule has 3 N–H and O–H groups in total. The van der Waals surface area contributed by atoms with Gasteiger partial charge in [-0.1, -0.05) is 6.07 Å². The highest BCUT2D eigenvalue weighted by Crippen LogP contribution is 2.18. The van der Waals surface area contributed by atoms with Gasteiger partial charge in [-0.15, -0.1) is 0 Å². The van der Waals surface area contributed by atoms with Crippen LogP contribution in [0.1, 0.15) is 26.3 Å². The number of carboxylic acids is 1. The van der Waals surface area contributed by atoms with Crippen LogP contribution in [0.25, 0.3) is 0 Å². The standard InChI is InChI=1S/C13H18N2O4/c1-13(2,3)19-12(18)9(11(16)17)7-8-5-4-6-15-10(8)14/h4-6,9H,7H2,1-3H3,(H2,14,15)(H,16,17). The van der Waals surface area contributed by atoms with Crippen LogP contribution in [0.3, 0.4) is 0 Å². The van der Waals surface area contributed by atoms with Crippen LogP contribution in [0.4, 0.5) is 5.82 Å². The van der Waals surface area contributed by atoms with E-state index in [4.69, 9.17) is 15.6 Å². The van der Waals surface area contributed by atoms with Gasteiger partial charge >= 0.3 is 11.9 Å². The first-order valence-electron chi connectivity index (χ1n) is 5.86. The van der Waals surface area contributed by atoms with Gasteiger partial charge < -0.3 is 15.6 Å². The quantitative estimate of drug-likeness (QED) is 0.628. The van der Waals surface area contributed by atoms with Crippen molar-refractivity contribution in [3.8, 4) is 0 Å². The van der Waals surface area contributed by atoms with E-state index in [1.807, 2.05) is 0 Å². The van der Waals surface area contributed by atoms with Crippen LogP contribution in [-0.4, -0.2) is 27.6 Å². The molecule has 0 aliphatic heterocycles. The maximum atomic E-state index is 11.9. The van der Waals surface area contributed by atoms with Crippen LogP contribution in [0.5, 0.6) is 0 Å². The van der Waals surface area contributed by atoms with Gasteiger partial charge in [-0.25, -0.2) is 4.98 Å². The summed E-state index contributed by atoms with van der Waals surface area (Å²) in [4.78, 5) is 26.9. The second kappa shape index (κ2) is 5.69. The van der Waals surface area contributed by atoms with Gasteiger partial charge in [-0.2, -0.15) is 0 Å². The lowest BCUT2D eigenvalue weighted by molar-refractivity contribution is -0.166. The molecule has 0 aliphatic rings. The predicted molar refractivity (Wildman–Crippen MR) is 69.3 cm³/mol. The fourth-order valence-electron chi connectivity index (χ4n) is 1.49. The molecular weight excluding hydrogens is 248 g/mol. The number of rotatable bonds is 4. The van der Waals surface area contributed by atoms with Gasteiger partial charge in [0, 0.05) is 6.20 Å². The lowest BCUT2D eigenvalue weighted by Crippen LogP contribution is -2.34. The minimum atomic E-state index is -1.29. The zero-order valence-corrected chi connectivity index (χ0v) is 11.2. The molecule has 0 bridgehead atoms. The Morgan fingerprint density at radius 2 is 2.11 bits per heavy atom. The minimum absolute atomic E-state index is 0.0378. The SMILES string of the molecule is CC(C)(C)OC(=O)C(Cc1cccnc1N)C(=O)O. The van der Waals surface area contributed by atoms with E-state index in [1.54, 1.807) is 32.9 Å². The number of ether oxygens (including phenoxy) is 1. The smallest absolute Gasteiger partial charge is 0.321 e. The Labute approximate surface area is 111 Å². The van der Waals surface area contributed by atoms with Crippen molar-refractivity contribution in [2.24, 2.45) is 5.92 Å². The van der Waals surface area contributed by atoms with Gasteiger partial charge in [0.1, 0.15) is 11.4 Å². The summed E-state index contributed by atoms with van der Waals surface area (Å²) < 4.78 is 5.09. The molecule has 0 aromatic carbocycles. The summed E-state index contributed by atoms with van der Waals surface area (Å²) in [6.07, 6.45) is 1.46. The number of carbonyl (C=O) groups is 2. The first-order valence-corrected chi connectivity index (χ1v) is 5.86. The first-order chi connectivity index (χ1) is 8.70. The van der Waals surface area contributed by atoms with Crippen molar-refractivity contribution >= 4 is 17.8 Å². The monoisotopic (exact) mass is 266 g/mol. The van der Waals surface area contributed by atoms with E-state index in [-0.39, 0.29) is 12.2 Å². The van der Waals surface area contributed by atoms with E-state index < -0.39 is 23.5 Å². The molecule has 1 atom stereocenters. The molecule has 1 unspecified atom stereocenters. The average Bonchev–Trinajstić information content (AvgIpc) is 2.24. The summed E-state index contributed by atoms with van der Waals surface area (Å²) in [5.41, 5.74) is 5.42. The summed E-state index contributed by atoms with van der Waals surface area (Å²) in [5, 5.41) is 9.13. The van der Waals surface area contributed by atoms with E-state index in [9.17, 15) is 9.59 Å². The number of aliphatic carboxylic acids is 1. The second-order valence-electron chi connectivity index (χ2n) is 5.18. The Balaban J connectivity index is 2.88. The number of esters is 1. The maximum Gasteiger partial charge on any atom is 0.321 e. The summed E-state index contributed by atoms with van der Waals surface area (Å²) in [6.45, 7) is 5.05. The van der Waals surface area contributed by atoms with Crippen molar-refractivity contribution < 1.29 is 19.4 Å². The normalized spacial score (nSPS) is 12.8. The third-order valence-corrected chi connectivity index (χ3v) is 2.34. The Kier molecular flexibility index (Phi) is 4.47. The highest BCUT2D eigenvalue weighted by atomic mass is 16.6. The number of hydrogen-bond acceptors (Lipinski definition) is 5. The zero-order chi connectivity index (χ0) is 14.6. The Bertz CT molecular complexity index is 480. The lowest BCUT2D eigenvalue weighted by atomic mass is 9.99. The van der Waals surface area contributed by atoms with Crippen LogP contribution in [-0.2, 0) is 20.7 Å². The fourth-order valence-corrected chi connectivity index (χ4v) is 1.49. The molecule has 0 fully saturated rings. The molecule has 0 aliphatic carbocycles. The van der Waals surface area contributed by atoms with E-state index in [2.05, 4.69) is 4.98 Å². The molecule has 6 heteroatoms. The molecule has 0 saturated carbocycles. The molecule has 1 rings (SSSR count). The highest BCUT2D eigenvalue weighted by molar-refractivity contribution is 5.94. The molecule has 19 heavy (non-hydrogen) atoms. The van der Waals surface area contributed by atoms with Crippen molar-refractivity contribution in [2.75, 3.05) is 5.73 Å². The predicted octanol–water partition coefficient (Wildman–Crippen LogP) is 1.25. The Morgan fingerprint density at radius 1 is 1.47 bits per heavy atom. The topological polar surface area (TPSA) is 103 Å². The number of carboxylic acid groups (broad SMARTS) is 1. The maximum absolute atomic E-state index is 11.9. The van der Waals surface area contributed by atoms with Gasteiger partial charge in [-0.3, -0.25) is 9.59 Å². The number of nitrogens with zero attached hydrogens (tertiary/aromatic N) is 1. The second-order valence-corrected chi connectivity index (χ2v) is 5.18. The van der Waals surface area contributed by atoms with Gasteiger partial charge in [0.15, 0.2) is 5.92 Å². The van der Waals surface area contributed by atoms with Crippen molar-refractivity contribution in [3.05, 3.63) is 23.9 Å². The highest BCUT2D eigenvalue weighted by Gasteiger charge is 2.31. The number of nitrogen functional groups attached to an aromatic ring is 1. The summed E-state index contributed by atoms with van der Waals surface area (Å²) >= 11 is 0. The average molecular weight is 266 g/mol. The molecule has 104 valence electrons. The zero-order valence-electron chi connectivity index (χ0n) is 11.2. The number of anilines is 1. The van der Waals surface area contributed by atoms with Crippen molar-refractivity contribution in [3.63, 3.8) is 0 Å². The number of aromatic nitrogens is 1. The van der Waals surface area contributed by atoms with Crippen LogP contribution < -0.4 is 5.73 Å². The number of hydrogen-bond donors (Lipinski definition) is 2. The van der Waals surface area contributed by atoms with Crippen LogP contribution >= 0.6 is 0 Å². The molecular formula is C13H18N2O4. The lowest BCUT2D eigenvalue weighted by Gasteiger charge is -2.22. The van der Waals surface area contributed by atoms with Crippen LogP contribution in [0.2, 0.25) is 0 Å². The fraction of sp³-hybridized carbons (Fsp3) is 0.462. The summed E-state index contributed by atoms with van der Waals surface area (Å²) in [6, 6.07) is 3.28. The summed E-state index contributed by atoms with van der Waals surface area (Å²) in [7, 11) is 0. The van der Waals surface area contributed by atoms with E-state index in [1.165, 1.54) is 6.20 Å². The molecule has 1 aromatic rings. The molecule has 0 amide bonds. The van der Waals surface area contributed by atoms with Gasteiger partial charge in [0.25, 0.3) is 0 Å². The number of nitrogens with two attached hydrogens (primary N) is 1.